The van der Waals surface area contributed by atoms with Crippen molar-refractivity contribution >= 4 is 0 Å². The average molecular weight is 354 g/mol. The van der Waals surface area contributed by atoms with E-state index in [0.717, 1.165) is 24.0 Å². The van der Waals surface area contributed by atoms with Crippen LogP contribution in [0.4, 0.5) is 0 Å². The van der Waals surface area contributed by atoms with E-state index in [1.165, 1.54) is 0 Å². The summed E-state index contributed by atoms with van der Waals surface area (Å²) in [6, 6.07) is 4.49. The van der Waals surface area contributed by atoms with E-state index in [9.17, 15) is 5.26 Å². The van der Waals surface area contributed by atoms with Gasteiger partial charge in [-0.2, -0.15) is 20.7 Å². The second-order valence-electron chi connectivity index (χ2n) is 7.28. The quantitative estimate of drug-likeness (QED) is 0.726. The van der Waals surface area contributed by atoms with Crippen LogP contribution in [0.2, 0.25) is 0 Å². The van der Waals surface area contributed by atoms with E-state index in [2.05, 4.69) is 43.1 Å². The van der Waals surface area contributed by atoms with E-state index in [4.69, 9.17) is 10.00 Å². The molecule has 0 aliphatic carbocycles. The molecule has 1 unspecified atom stereocenters. The van der Waals surface area contributed by atoms with Crippen LogP contribution in [0.3, 0.4) is 0 Å². The SMILES string of the molecule is COCCn1cc(C(C)(C)CCC(C)n2cc(C)c(C#N)n2)c(C#N)n1. The second-order valence-corrected chi connectivity index (χ2v) is 7.28. The maximum Gasteiger partial charge on any atom is 0.166 e. The van der Waals surface area contributed by atoms with Crippen LogP contribution in [0.5, 0.6) is 0 Å². The van der Waals surface area contributed by atoms with Gasteiger partial charge in [-0.3, -0.25) is 9.36 Å². The smallest absolute Gasteiger partial charge is 0.166 e. The molecular formula is C19H26N6O. The normalized spacial score (nSPS) is 12.6. The van der Waals surface area contributed by atoms with Crippen molar-refractivity contribution in [3.8, 4) is 12.1 Å². The number of aryl methyl sites for hydroxylation is 1. The minimum absolute atomic E-state index is 0.171. The van der Waals surface area contributed by atoms with E-state index < -0.39 is 0 Å². The first-order chi connectivity index (χ1) is 12.3. The predicted octanol–water partition coefficient (Wildman–Crippen LogP) is 3.10. The minimum atomic E-state index is -0.190. The molecule has 0 fully saturated rings. The van der Waals surface area contributed by atoms with Gasteiger partial charge in [-0.1, -0.05) is 13.8 Å². The summed E-state index contributed by atoms with van der Waals surface area (Å²) in [5.74, 6) is 0. The van der Waals surface area contributed by atoms with Crippen LogP contribution in [-0.4, -0.2) is 33.3 Å². The molecule has 2 aromatic rings. The van der Waals surface area contributed by atoms with E-state index in [1.54, 1.807) is 11.8 Å². The molecule has 0 saturated carbocycles. The van der Waals surface area contributed by atoms with Crippen LogP contribution < -0.4 is 0 Å². The lowest BCUT2D eigenvalue weighted by molar-refractivity contribution is 0.183. The Morgan fingerprint density at radius 3 is 2.46 bits per heavy atom. The first-order valence-electron chi connectivity index (χ1n) is 8.75. The number of rotatable bonds is 8. The molecule has 0 bridgehead atoms. The molecule has 138 valence electrons. The molecule has 26 heavy (non-hydrogen) atoms. The molecule has 0 spiro atoms. The summed E-state index contributed by atoms with van der Waals surface area (Å²) in [5.41, 5.74) is 2.61. The van der Waals surface area contributed by atoms with Crippen molar-refractivity contribution < 1.29 is 4.74 Å². The molecule has 0 saturated heterocycles. The van der Waals surface area contributed by atoms with Crippen molar-refractivity contribution in [3.63, 3.8) is 0 Å². The van der Waals surface area contributed by atoms with E-state index in [-0.39, 0.29) is 11.5 Å². The van der Waals surface area contributed by atoms with Crippen LogP contribution in [0.25, 0.3) is 0 Å². The molecule has 7 heteroatoms. The third kappa shape index (κ3) is 4.30. The Balaban J connectivity index is 2.11. The summed E-state index contributed by atoms with van der Waals surface area (Å²) < 4.78 is 8.72. The lowest BCUT2D eigenvalue weighted by Gasteiger charge is -2.25. The highest BCUT2D eigenvalue weighted by Crippen LogP contribution is 2.32. The molecular weight excluding hydrogens is 328 g/mol. The summed E-state index contributed by atoms with van der Waals surface area (Å²) in [6.45, 7) is 9.44. The van der Waals surface area contributed by atoms with Gasteiger partial charge in [-0.25, -0.2) is 0 Å². The third-order valence-corrected chi connectivity index (χ3v) is 4.78. The topological polar surface area (TPSA) is 92.5 Å². The van der Waals surface area contributed by atoms with E-state index in [1.807, 2.05) is 24.0 Å². The number of hydrogen-bond acceptors (Lipinski definition) is 5. The second kappa shape index (κ2) is 8.16. The highest BCUT2D eigenvalue weighted by molar-refractivity contribution is 5.35. The molecule has 0 N–H and O–H groups in total. The Kier molecular flexibility index (Phi) is 6.18. The number of ether oxygens (including phenoxy) is 1. The zero-order valence-corrected chi connectivity index (χ0v) is 16.2. The fourth-order valence-corrected chi connectivity index (χ4v) is 2.95. The summed E-state index contributed by atoms with van der Waals surface area (Å²) in [4.78, 5) is 0. The van der Waals surface area contributed by atoms with Crippen molar-refractivity contribution in [1.29, 1.82) is 10.5 Å². The summed E-state index contributed by atoms with van der Waals surface area (Å²) >= 11 is 0. The molecule has 2 heterocycles. The summed E-state index contributed by atoms with van der Waals surface area (Å²) in [7, 11) is 1.65. The number of methoxy groups -OCH3 is 1. The fourth-order valence-electron chi connectivity index (χ4n) is 2.95. The Hall–Kier alpha value is -2.64. The van der Waals surface area contributed by atoms with Crippen molar-refractivity contribution in [2.45, 2.75) is 58.5 Å². The van der Waals surface area contributed by atoms with Crippen molar-refractivity contribution in [3.05, 3.63) is 34.9 Å². The lowest BCUT2D eigenvalue weighted by atomic mass is 9.80. The average Bonchev–Trinajstić information content (AvgIpc) is 3.21. The van der Waals surface area contributed by atoms with Gasteiger partial charge in [0, 0.05) is 36.7 Å². The predicted molar refractivity (Wildman–Crippen MR) is 97.5 cm³/mol. The largest absolute Gasteiger partial charge is 0.383 e. The van der Waals surface area contributed by atoms with Gasteiger partial charge >= 0.3 is 0 Å². The fraction of sp³-hybridized carbons (Fsp3) is 0.579. The maximum atomic E-state index is 9.43. The van der Waals surface area contributed by atoms with Gasteiger partial charge in [0.1, 0.15) is 12.1 Å². The Morgan fingerprint density at radius 1 is 1.19 bits per heavy atom. The van der Waals surface area contributed by atoms with Crippen molar-refractivity contribution in [2.75, 3.05) is 13.7 Å². The van der Waals surface area contributed by atoms with Crippen LogP contribution in [0.1, 0.15) is 62.2 Å². The summed E-state index contributed by atoms with van der Waals surface area (Å²) in [5, 5.41) is 27.2. The Labute approximate surface area is 154 Å². The van der Waals surface area contributed by atoms with Gasteiger partial charge in [-0.15, -0.1) is 0 Å². The zero-order valence-electron chi connectivity index (χ0n) is 16.2. The van der Waals surface area contributed by atoms with Gasteiger partial charge in [0.25, 0.3) is 0 Å². The highest BCUT2D eigenvalue weighted by Gasteiger charge is 2.27. The first-order valence-corrected chi connectivity index (χ1v) is 8.75. The molecule has 0 radical (unpaired) electrons. The molecule has 2 aromatic heterocycles. The maximum absolute atomic E-state index is 9.43. The van der Waals surface area contributed by atoms with Crippen molar-refractivity contribution in [1.82, 2.24) is 19.6 Å². The van der Waals surface area contributed by atoms with E-state index >= 15 is 0 Å². The number of nitrogens with zero attached hydrogens (tertiary/aromatic N) is 6. The molecule has 7 nitrogen and oxygen atoms in total. The van der Waals surface area contributed by atoms with Gasteiger partial charge in [-0.05, 0) is 32.1 Å². The zero-order chi connectivity index (χ0) is 19.3. The molecule has 2 rings (SSSR count). The first kappa shape index (κ1) is 19.7. The number of hydrogen-bond donors (Lipinski definition) is 0. The number of nitriles is 2. The molecule has 0 aliphatic rings. The van der Waals surface area contributed by atoms with Crippen LogP contribution >= 0.6 is 0 Å². The van der Waals surface area contributed by atoms with E-state index in [0.29, 0.717) is 24.5 Å². The van der Waals surface area contributed by atoms with Crippen molar-refractivity contribution in [2.24, 2.45) is 0 Å². The molecule has 0 amide bonds. The van der Waals surface area contributed by atoms with Gasteiger partial charge in [0.05, 0.1) is 13.2 Å². The van der Waals surface area contributed by atoms with Gasteiger partial charge < -0.3 is 4.74 Å². The molecule has 0 aliphatic heterocycles. The monoisotopic (exact) mass is 354 g/mol. The molecule has 0 aromatic carbocycles. The molecule has 1 atom stereocenters. The standard InChI is InChI=1S/C19H26N6O/c1-14-12-25(23-17(14)10-20)15(2)6-7-19(3,4)16-13-24(8-9-26-5)22-18(16)11-21/h12-13,15H,6-9H2,1-5H3. The van der Waals surface area contributed by atoms with Crippen LogP contribution in [0, 0.1) is 29.6 Å². The highest BCUT2D eigenvalue weighted by atomic mass is 16.5. The Morgan fingerprint density at radius 2 is 1.88 bits per heavy atom. The van der Waals surface area contributed by atoms with Gasteiger partial charge in [0.15, 0.2) is 11.4 Å². The summed E-state index contributed by atoms with van der Waals surface area (Å²) in [6.07, 6.45) is 5.63. The minimum Gasteiger partial charge on any atom is -0.383 e. The Bertz CT molecular complexity index is 833. The number of aromatic nitrogens is 4. The van der Waals surface area contributed by atoms with Crippen LogP contribution in [-0.2, 0) is 16.7 Å². The third-order valence-electron chi connectivity index (χ3n) is 4.78. The van der Waals surface area contributed by atoms with Crippen LogP contribution in [0.15, 0.2) is 12.4 Å². The van der Waals surface area contributed by atoms with Gasteiger partial charge in [0.2, 0.25) is 0 Å². The lowest BCUT2D eigenvalue weighted by Crippen LogP contribution is -2.20.